The molecule has 6 heteroatoms. The molecular formula is C14H11ClN2OS2. The highest BCUT2D eigenvalue weighted by molar-refractivity contribution is 7.97. The minimum Gasteiger partial charge on any atom is -0.338 e. The van der Waals surface area contributed by atoms with Gasteiger partial charge in [-0.2, -0.15) is 16.3 Å². The van der Waals surface area contributed by atoms with E-state index in [-0.39, 0.29) is 0 Å². The summed E-state index contributed by atoms with van der Waals surface area (Å²) in [6.07, 6.45) is 0. The molecule has 0 N–H and O–H groups in total. The predicted octanol–water partition coefficient (Wildman–Crippen LogP) is 4.88. The largest absolute Gasteiger partial charge is 0.338 e. The normalized spacial score (nSPS) is 10.8. The van der Waals surface area contributed by atoms with Crippen LogP contribution in [0, 0.1) is 0 Å². The molecular weight excluding hydrogens is 312 g/mol. The van der Waals surface area contributed by atoms with Crippen molar-refractivity contribution >= 4 is 34.7 Å². The molecule has 20 heavy (non-hydrogen) atoms. The molecule has 0 aliphatic heterocycles. The zero-order valence-corrected chi connectivity index (χ0v) is 12.8. The van der Waals surface area contributed by atoms with E-state index in [1.165, 1.54) is 5.56 Å². The molecule has 0 saturated carbocycles. The first-order valence-electron chi connectivity index (χ1n) is 5.98. The van der Waals surface area contributed by atoms with Crippen molar-refractivity contribution in [3.05, 3.63) is 57.6 Å². The van der Waals surface area contributed by atoms with Crippen LogP contribution in [0.15, 0.2) is 45.6 Å². The molecule has 3 rings (SSSR count). The van der Waals surface area contributed by atoms with Crippen molar-refractivity contribution in [1.29, 1.82) is 0 Å². The van der Waals surface area contributed by atoms with Crippen molar-refractivity contribution in [1.82, 2.24) is 10.1 Å². The number of thioether (sulfide) groups is 1. The van der Waals surface area contributed by atoms with E-state index in [1.54, 1.807) is 23.1 Å². The second kappa shape index (κ2) is 6.43. The summed E-state index contributed by atoms with van der Waals surface area (Å²) >= 11 is 9.22. The van der Waals surface area contributed by atoms with Crippen molar-refractivity contribution in [2.75, 3.05) is 0 Å². The first-order chi connectivity index (χ1) is 9.81. The summed E-state index contributed by atoms with van der Waals surface area (Å²) in [7, 11) is 0. The fourth-order valence-electron chi connectivity index (χ4n) is 1.66. The van der Waals surface area contributed by atoms with Gasteiger partial charge in [0.05, 0.1) is 5.75 Å². The number of benzene rings is 1. The van der Waals surface area contributed by atoms with E-state index in [4.69, 9.17) is 16.1 Å². The number of hydrogen-bond donors (Lipinski definition) is 0. The first kappa shape index (κ1) is 13.7. The van der Waals surface area contributed by atoms with Crippen LogP contribution in [0.25, 0.3) is 11.4 Å². The maximum Gasteiger partial charge on any atom is 0.236 e. The fraction of sp³-hybridized carbons (Fsp3) is 0.143. The minimum absolute atomic E-state index is 0.658. The smallest absolute Gasteiger partial charge is 0.236 e. The van der Waals surface area contributed by atoms with Gasteiger partial charge in [-0.3, -0.25) is 0 Å². The van der Waals surface area contributed by atoms with Crippen molar-refractivity contribution in [3.63, 3.8) is 0 Å². The molecule has 0 unspecified atom stereocenters. The lowest BCUT2D eigenvalue weighted by Crippen LogP contribution is -1.84. The Kier molecular flexibility index (Phi) is 4.40. The summed E-state index contributed by atoms with van der Waals surface area (Å²) in [5, 5.41) is 8.76. The van der Waals surface area contributed by atoms with Gasteiger partial charge in [-0.15, -0.1) is 11.8 Å². The Hall–Kier alpha value is -1.30. The summed E-state index contributed by atoms with van der Waals surface area (Å²) in [5.74, 6) is 2.92. The molecule has 0 radical (unpaired) electrons. The van der Waals surface area contributed by atoms with E-state index in [0.29, 0.717) is 17.5 Å². The molecule has 0 fully saturated rings. The quantitative estimate of drug-likeness (QED) is 0.670. The van der Waals surface area contributed by atoms with Crippen molar-refractivity contribution < 1.29 is 4.52 Å². The molecule has 0 aliphatic rings. The SMILES string of the molecule is Clc1ccc(CSCc2nc(-c3ccsc3)no2)cc1. The van der Waals surface area contributed by atoms with Gasteiger partial charge in [0.25, 0.3) is 0 Å². The molecule has 0 aliphatic carbocycles. The Morgan fingerprint density at radius 3 is 2.75 bits per heavy atom. The summed E-state index contributed by atoms with van der Waals surface area (Å²) < 4.78 is 5.25. The molecule has 2 heterocycles. The highest BCUT2D eigenvalue weighted by Gasteiger charge is 2.08. The van der Waals surface area contributed by atoms with Crippen LogP contribution in [0.3, 0.4) is 0 Å². The number of nitrogens with zero attached hydrogens (tertiary/aromatic N) is 2. The van der Waals surface area contributed by atoms with Crippen LogP contribution in [-0.2, 0) is 11.5 Å². The van der Waals surface area contributed by atoms with Crippen LogP contribution in [0.5, 0.6) is 0 Å². The number of aromatic nitrogens is 2. The van der Waals surface area contributed by atoms with E-state index in [9.17, 15) is 0 Å². The predicted molar refractivity (Wildman–Crippen MR) is 84.1 cm³/mol. The molecule has 0 spiro atoms. The maximum absolute atomic E-state index is 5.85. The average molecular weight is 323 g/mol. The van der Waals surface area contributed by atoms with E-state index in [1.807, 2.05) is 41.1 Å². The summed E-state index contributed by atoms with van der Waals surface area (Å²) in [6, 6.07) is 9.84. The van der Waals surface area contributed by atoms with Gasteiger partial charge >= 0.3 is 0 Å². The van der Waals surface area contributed by atoms with Crippen LogP contribution >= 0.6 is 34.7 Å². The summed E-state index contributed by atoms with van der Waals surface area (Å²) in [6.45, 7) is 0. The fourth-order valence-corrected chi connectivity index (χ4v) is 3.24. The Morgan fingerprint density at radius 2 is 2.00 bits per heavy atom. The number of thiophene rings is 1. The van der Waals surface area contributed by atoms with Crippen molar-refractivity contribution in [3.8, 4) is 11.4 Å². The molecule has 3 nitrogen and oxygen atoms in total. The summed E-state index contributed by atoms with van der Waals surface area (Å²) in [4.78, 5) is 4.38. The van der Waals surface area contributed by atoms with Gasteiger partial charge in [0.1, 0.15) is 0 Å². The van der Waals surface area contributed by atoms with Crippen molar-refractivity contribution in [2.45, 2.75) is 11.5 Å². The molecule has 0 atom stereocenters. The number of halogens is 1. The van der Waals surface area contributed by atoms with Gasteiger partial charge in [-0.05, 0) is 29.1 Å². The van der Waals surface area contributed by atoms with Crippen molar-refractivity contribution in [2.24, 2.45) is 0 Å². The minimum atomic E-state index is 0.658. The van der Waals surface area contributed by atoms with Crippen LogP contribution < -0.4 is 0 Å². The highest BCUT2D eigenvalue weighted by atomic mass is 35.5. The van der Waals surface area contributed by atoms with Crippen LogP contribution in [0.2, 0.25) is 5.02 Å². The standard InChI is InChI=1S/C14H11ClN2OS2/c15-12-3-1-10(2-4-12)7-20-9-13-16-14(17-18-13)11-5-6-19-8-11/h1-6,8H,7,9H2. The van der Waals surface area contributed by atoms with E-state index in [0.717, 1.165) is 16.3 Å². The summed E-state index contributed by atoms with van der Waals surface area (Å²) in [5.41, 5.74) is 2.24. The first-order valence-corrected chi connectivity index (χ1v) is 8.46. The molecule has 0 amide bonds. The van der Waals surface area contributed by atoms with Gasteiger partial charge in [-0.25, -0.2) is 0 Å². The second-order valence-electron chi connectivity index (χ2n) is 4.14. The lowest BCUT2D eigenvalue weighted by molar-refractivity contribution is 0.391. The zero-order chi connectivity index (χ0) is 13.8. The van der Waals surface area contributed by atoms with Gasteiger partial charge < -0.3 is 4.52 Å². The van der Waals surface area contributed by atoms with Crippen LogP contribution in [-0.4, -0.2) is 10.1 Å². The average Bonchev–Trinajstić information content (AvgIpc) is 3.11. The molecule has 102 valence electrons. The maximum atomic E-state index is 5.85. The van der Waals surface area contributed by atoms with Gasteiger partial charge in [0, 0.05) is 21.7 Å². The van der Waals surface area contributed by atoms with E-state index in [2.05, 4.69) is 10.1 Å². The molecule has 2 aromatic heterocycles. The lowest BCUT2D eigenvalue weighted by Gasteiger charge is -1.99. The molecule has 0 saturated heterocycles. The Bertz CT molecular complexity index is 665. The lowest BCUT2D eigenvalue weighted by atomic mass is 10.2. The third-order valence-corrected chi connectivity index (χ3v) is 4.58. The zero-order valence-electron chi connectivity index (χ0n) is 10.5. The highest BCUT2D eigenvalue weighted by Crippen LogP contribution is 2.22. The monoisotopic (exact) mass is 322 g/mol. The topological polar surface area (TPSA) is 38.9 Å². The third-order valence-electron chi connectivity index (χ3n) is 2.65. The molecule has 3 aromatic rings. The molecule has 1 aromatic carbocycles. The Balaban J connectivity index is 1.55. The third kappa shape index (κ3) is 3.42. The van der Waals surface area contributed by atoms with E-state index >= 15 is 0 Å². The van der Waals surface area contributed by atoms with Gasteiger partial charge in [0.15, 0.2) is 0 Å². The molecule has 0 bridgehead atoms. The Morgan fingerprint density at radius 1 is 1.15 bits per heavy atom. The van der Waals surface area contributed by atoms with Crippen LogP contribution in [0.4, 0.5) is 0 Å². The number of rotatable bonds is 5. The van der Waals surface area contributed by atoms with Crippen LogP contribution in [0.1, 0.15) is 11.5 Å². The second-order valence-corrected chi connectivity index (χ2v) is 6.35. The van der Waals surface area contributed by atoms with Gasteiger partial charge in [0.2, 0.25) is 11.7 Å². The van der Waals surface area contributed by atoms with E-state index < -0.39 is 0 Å². The number of hydrogen-bond acceptors (Lipinski definition) is 5. The Labute approximate surface area is 130 Å². The van der Waals surface area contributed by atoms with Gasteiger partial charge in [-0.1, -0.05) is 28.9 Å².